The van der Waals surface area contributed by atoms with E-state index in [2.05, 4.69) is 4.74 Å². The number of rotatable bonds is 4. The molecule has 3 nitrogen and oxygen atoms in total. The van der Waals surface area contributed by atoms with Crippen LogP contribution in [0.5, 0.6) is 5.75 Å². The Morgan fingerprint density at radius 2 is 1.64 bits per heavy atom. The molecule has 0 saturated carbocycles. The van der Waals surface area contributed by atoms with Crippen molar-refractivity contribution >= 4 is 5.97 Å². The summed E-state index contributed by atoms with van der Waals surface area (Å²) in [6.07, 6.45) is 3.65. The highest BCUT2D eigenvalue weighted by Gasteiger charge is 2.22. The molecule has 0 heterocycles. The van der Waals surface area contributed by atoms with Gasteiger partial charge in [0, 0.05) is 12.1 Å². The highest BCUT2D eigenvalue weighted by atomic mass is 19.1. The van der Waals surface area contributed by atoms with Gasteiger partial charge in [-0.1, -0.05) is 12.2 Å². The Morgan fingerprint density at radius 3 is 2.12 bits per heavy atom. The number of ether oxygens (including phenoxy) is 1. The molecule has 0 aliphatic heterocycles. The molecule has 0 aromatic heterocycles. The van der Waals surface area contributed by atoms with Crippen LogP contribution in [0.3, 0.4) is 0 Å². The first-order valence-corrected chi connectivity index (χ1v) is 7.07. The Kier molecular flexibility index (Phi) is 5.55. The maximum Gasteiger partial charge on any atom is 0.349 e. The van der Waals surface area contributed by atoms with Crippen molar-refractivity contribution in [1.29, 1.82) is 5.26 Å². The number of carbonyl (C=O) groups excluding carboxylic acids is 1. The predicted molar refractivity (Wildman–Crippen MR) is 80.9 cm³/mol. The molecule has 128 valence electrons. The van der Waals surface area contributed by atoms with Gasteiger partial charge in [0.05, 0.1) is 0 Å². The van der Waals surface area contributed by atoms with Gasteiger partial charge in [-0.2, -0.15) is 5.26 Å². The average Bonchev–Trinajstić information content (AvgIpc) is 2.52. The number of hydrogen-bond acceptors (Lipinski definition) is 3. The largest absolute Gasteiger partial charge is 0.423 e. The molecule has 0 amide bonds. The molecule has 0 radical (unpaired) electrons. The van der Waals surface area contributed by atoms with Crippen LogP contribution >= 0.6 is 0 Å². The zero-order valence-corrected chi connectivity index (χ0v) is 12.9. The van der Waals surface area contributed by atoms with Gasteiger partial charge in [0.1, 0.15) is 46.2 Å². The molecule has 0 N–H and O–H groups in total. The van der Waals surface area contributed by atoms with Crippen LogP contribution in [0.1, 0.15) is 28.4 Å². The Bertz CT molecular complexity index is 854. The maximum absolute atomic E-state index is 14.0. The van der Waals surface area contributed by atoms with E-state index in [1.165, 1.54) is 6.07 Å². The van der Waals surface area contributed by atoms with E-state index < -0.39 is 46.1 Å². The van der Waals surface area contributed by atoms with Crippen LogP contribution in [-0.4, -0.2) is 5.97 Å². The summed E-state index contributed by atoms with van der Waals surface area (Å²) >= 11 is 0. The molecular weight excluding hydrogens is 338 g/mol. The SMILES string of the molecule is CC=CCc1cc(F)c(C(=O)Oc2cc(F)c(C#N)c(F)c2)c(F)c1. The Balaban J connectivity index is 2.31. The third kappa shape index (κ3) is 4.04. The summed E-state index contributed by atoms with van der Waals surface area (Å²) in [5.41, 5.74) is -1.53. The van der Waals surface area contributed by atoms with Gasteiger partial charge in [-0.15, -0.1) is 0 Å². The molecule has 2 rings (SSSR count). The van der Waals surface area contributed by atoms with E-state index in [4.69, 9.17) is 5.26 Å². The minimum Gasteiger partial charge on any atom is -0.423 e. The lowest BCUT2D eigenvalue weighted by atomic mass is 10.1. The Labute approximate surface area is 140 Å². The van der Waals surface area contributed by atoms with Crippen LogP contribution in [0.4, 0.5) is 17.6 Å². The highest BCUT2D eigenvalue weighted by molar-refractivity contribution is 5.91. The predicted octanol–water partition coefficient (Wildman–Crippen LogP) is 4.45. The summed E-state index contributed by atoms with van der Waals surface area (Å²) in [7, 11) is 0. The molecule has 0 saturated heterocycles. The molecule has 0 aliphatic rings. The molecule has 0 aliphatic carbocycles. The number of benzene rings is 2. The number of nitrogens with zero attached hydrogens (tertiary/aromatic N) is 1. The molecule has 25 heavy (non-hydrogen) atoms. The van der Waals surface area contributed by atoms with Crippen molar-refractivity contribution in [3.05, 3.63) is 76.4 Å². The van der Waals surface area contributed by atoms with E-state index in [9.17, 15) is 22.4 Å². The standard InChI is InChI=1S/C18H11F4NO2/c1-2-3-4-10-5-15(21)17(16(22)6-10)18(24)25-11-7-13(19)12(9-23)14(20)8-11/h2-3,5-8H,4H2,1H3. The van der Waals surface area contributed by atoms with E-state index in [1.807, 2.05) is 0 Å². The van der Waals surface area contributed by atoms with Crippen LogP contribution in [0.25, 0.3) is 0 Å². The minimum atomic E-state index is -1.45. The number of carbonyl (C=O) groups is 1. The van der Waals surface area contributed by atoms with E-state index in [-0.39, 0.29) is 6.42 Å². The van der Waals surface area contributed by atoms with E-state index in [0.717, 1.165) is 12.1 Å². The van der Waals surface area contributed by atoms with Crippen molar-refractivity contribution in [2.24, 2.45) is 0 Å². The first-order valence-electron chi connectivity index (χ1n) is 7.07. The van der Waals surface area contributed by atoms with Gasteiger partial charge in [-0.3, -0.25) is 0 Å². The lowest BCUT2D eigenvalue weighted by Gasteiger charge is -2.08. The van der Waals surface area contributed by atoms with Crippen LogP contribution in [0.2, 0.25) is 0 Å². The zero-order valence-electron chi connectivity index (χ0n) is 12.9. The fraction of sp³-hybridized carbons (Fsp3) is 0.111. The summed E-state index contributed by atoms with van der Waals surface area (Å²) in [4.78, 5) is 11.9. The maximum atomic E-state index is 14.0. The molecule has 0 fully saturated rings. The lowest BCUT2D eigenvalue weighted by Crippen LogP contribution is -2.14. The zero-order chi connectivity index (χ0) is 18.6. The average molecular weight is 349 g/mol. The second kappa shape index (κ2) is 7.62. The topological polar surface area (TPSA) is 50.1 Å². The van der Waals surface area contributed by atoms with Gasteiger partial charge in [0.25, 0.3) is 0 Å². The van der Waals surface area contributed by atoms with Crippen LogP contribution in [0, 0.1) is 34.6 Å². The summed E-state index contributed by atoms with van der Waals surface area (Å²) in [6.45, 7) is 1.74. The number of nitriles is 1. The first kappa shape index (κ1) is 18.2. The third-order valence-corrected chi connectivity index (χ3v) is 3.23. The monoisotopic (exact) mass is 349 g/mol. The van der Waals surface area contributed by atoms with Crippen LogP contribution in [-0.2, 0) is 6.42 Å². The van der Waals surface area contributed by atoms with E-state index in [0.29, 0.717) is 17.7 Å². The van der Waals surface area contributed by atoms with Gasteiger partial charge in [0.2, 0.25) is 0 Å². The highest BCUT2D eigenvalue weighted by Crippen LogP contribution is 2.23. The van der Waals surface area contributed by atoms with Gasteiger partial charge in [0.15, 0.2) is 0 Å². The van der Waals surface area contributed by atoms with Crippen molar-refractivity contribution in [1.82, 2.24) is 0 Å². The van der Waals surface area contributed by atoms with Crippen molar-refractivity contribution in [3.63, 3.8) is 0 Å². The fourth-order valence-electron chi connectivity index (χ4n) is 2.07. The third-order valence-electron chi connectivity index (χ3n) is 3.23. The molecule has 2 aromatic rings. The van der Waals surface area contributed by atoms with Crippen LogP contribution in [0.15, 0.2) is 36.4 Å². The molecular formula is C18H11F4NO2. The second-order valence-electron chi connectivity index (χ2n) is 4.97. The number of allylic oxidation sites excluding steroid dienone is 2. The van der Waals surface area contributed by atoms with E-state index >= 15 is 0 Å². The van der Waals surface area contributed by atoms with Crippen molar-refractivity contribution in [2.75, 3.05) is 0 Å². The fourth-order valence-corrected chi connectivity index (χ4v) is 2.07. The quantitative estimate of drug-likeness (QED) is 0.355. The lowest BCUT2D eigenvalue weighted by molar-refractivity contribution is 0.0723. The minimum absolute atomic E-state index is 0.270. The van der Waals surface area contributed by atoms with Gasteiger partial charge >= 0.3 is 5.97 Å². The summed E-state index contributed by atoms with van der Waals surface area (Å²) in [6, 6.07) is 4.40. The van der Waals surface area contributed by atoms with Crippen LogP contribution < -0.4 is 4.74 Å². The van der Waals surface area contributed by atoms with Crippen molar-refractivity contribution in [3.8, 4) is 11.8 Å². The molecule has 0 spiro atoms. The Hall–Kier alpha value is -3.14. The molecule has 7 heteroatoms. The normalized spacial score (nSPS) is 10.7. The number of esters is 1. The molecule has 0 bridgehead atoms. The summed E-state index contributed by atoms with van der Waals surface area (Å²) in [5, 5.41) is 8.57. The smallest absolute Gasteiger partial charge is 0.349 e. The number of hydrogen-bond donors (Lipinski definition) is 0. The van der Waals surface area contributed by atoms with Gasteiger partial charge < -0.3 is 4.74 Å². The van der Waals surface area contributed by atoms with Gasteiger partial charge in [-0.05, 0) is 31.0 Å². The first-order chi connectivity index (χ1) is 11.9. The van der Waals surface area contributed by atoms with Gasteiger partial charge in [-0.25, -0.2) is 22.4 Å². The molecule has 2 aromatic carbocycles. The summed E-state index contributed by atoms with van der Waals surface area (Å²) in [5.74, 6) is -6.88. The van der Waals surface area contributed by atoms with E-state index in [1.54, 1.807) is 19.1 Å². The second-order valence-corrected chi connectivity index (χ2v) is 4.97. The summed E-state index contributed by atoms with van der Waals surface area (Å²) < 4.78 is 59.6. The molecule has 0 atom stereocenters. The van der Waals surface area contributed by atoms with Crippen molar-refractivity contribution in [2.45, 2.75) is 13.3 Å². The number of halogens is 4. The van der Waals surface area contributed by atoms with Crippen molar-refractivity contribution < 1.29 is 27.1 Å². The molecule has 0 unspecified atom stereocenters. The Morgan fingerprint density at radius 1 is 1.08 bits per heavy atom.